The molecule has 4 rings (SSSR count). The van der Waals surface area contributed by atoms with E-state index in [-0.39, 0.29) is 17.3 Å². The van der Waals surface area contributed by atoms with Crippen LogP contribution in [-0.4, -0.2) is 43.4 Å². The molecule has 134 valence electrons. The Balaban J connectivity index is 1.50. The van der Waals surface area contributed by atoms with Crippen LogP contribution in [0.4, 0.5) is 0 Å². The molecule has 26 heavy (non-hydrogen) atoms. The topological polar surface area (TPSA) is 83.4 Å². The number of carbonyl (C=O) groups excluding carboxylic acids is 1. The zero-order valence-corrected chi connectivity index (χ0v) is 14.7. The van der Waals surface area contributed by atoms with Gasteiger partial charge in [-0.3, -0.25) is 24.6 Å². The van der Waals surface area contributed by atoms with Crippen LogP contribution in [0, 0.1) is 12.8 Å². The van der Waals surface area contributed by atoms with Crippen molar-refractivity contribution in [3.8, 4) is 0 Å². The van der Waals surface area contributed by atoms with Gasteiger partial charge in [0.25, 0.3) is 5.56 Å². The first-order valence-corrected chi connectivity index (χ1v) is 8.86. The van der Waals surface area contributed by atoms with Gasteiger partial charge in [0.2, 0.25) is 0 Å². The highest BCUT2D eigenvalue weighted by Crippen LogP contribution is 2.21. The highest BCUT2D eigenvalue weighted by Gasteiger charge is 2.27. The molecular formula is C19H21N5O2. The van der Waals surface area contributed by atoms with Crippen molar-refractivity contribution in [2.75, 3.05) is 13.1 Å². The number of hydrogen-bond donors (Lipinski definition) is 1. The fourth-order valence-corrected chi connectivity index (χ4v) is 3.60. The zero-order valence-electron chi connectivity index (χ0n) is 14.7. The van der Waals surface area contributed by atoms with Gasteiger partial charge in [-0.15, -0.1) is 0 Å². The molecule has 0 aromatic carbocycles. The number of likely N-dealkylation sites (tertiary alicyclic amines) is 1. The predicted octanol–water partition coefficient (Wildman–Crippen LogP) is 1.82. The molecule has 4 heterocycles. The van der Waals surface area contributed by atoms with Crippen molar-refractivity contribution in [3.05, 3.63) is 64.0 Å². The molecular weight excluding hydrogens is 330 g/mol. The van der Waals surface area contributed by atoms with E-state index in [0.29, 0.717) is 24.4 Å². The Morgan fingerprint density at radius 3 is 3.04 bits per heavy atom. The van der Waals surface area contributed by atoms with E-state index < -0.39 is 0 Å². The summed E-state index contributed by atoms with van der Waals surface area (Å²) in [5, 5.41) is 2.97. The minimum atomic E-state index is -0.115. The molecule has 7 nitrogen and oxygen atoms in total. The molecule has 1 saturated heterocycles. The van der Waals surface area contributed by atoms with Crippen LogP contribution in [0.3, 0.4) is 0 Å². The second-order valence-corrected chi connectivity index (χ2v) is 6.87. The Hall–Kier alpha value is -2.80. The van der Waals surface area contributed by atoms with Gasteiger partial charge in [0, 0.05) is 43.0 Å². The Labute approximate surface area is 150 Å². The number of piperidine rings is 1. The molecule has 1 aliphatic heterocycles. The quantitative estimate of drug-likeness (QED) is 0.725. The monoisotopic (exact) mass is 351 g/mol. The lowest BCUT2D eigenvalue weighted by Crippen LogP contribution is -2.38. The number of Topliss-reactive ketones (excluding diaryl/α,β-unsaturated/α-hetero) is 1. The van der Waals surface area contributed by atoms with Gasteiger partial charge in [-0.25, -0.2) is 9.50 Å². The van der Waals surface area contributed by atoms with E-state index in [1.54, 1.807) is 18.3 Å². The molecule has 0 radical (unpaired) electrons. The minimum Gasteiger partial charge on any atom is -0.297 e. The Bertz CT molecular complexity index is 992. The van der Waals surface area contributed by atoms with Crippen LogP contribution in [0.5, 0.6) is 0 Å². The number of nitrogens with zero attached hydrogens (tertiary/aromatic N) is 4. The molecule has 1 fully saturated rings. The third-order valence-electron chi connectivity index (χ3n) is 4.81. The highest BCUT2D eigenvalue weighted by atomic mass is 16.1. The molecule has 3 aromatic heterocycles. The summed E-state index contributed by atoms with van der Waals surface area (Å²) in [7, 11) is 0. The van der Waals surface area contributed by atoms with Crippen molar-refractivity contribution in [1.82, 2.24) is 24.5 Å². The van der Waals surface area contributed by atoms with Crippen molar-refractivity contribution in [2.45, 2.75) is 26.3 Å². The van der Waals surface area contributed by atoms with Crippen LogP contribution in [-0.2, 0) is 6.54 Å². The standard InChI is InChI=1S/C19H21N5O2/c1-13-9-17-21-15(10-18(25)24(17)22-13)12-23-8-4-5-14(11-23)19(26)16-6-2-3-7-20-16/h2-3,6-7,9-10,14,22H,4-5,8,11-12H2,1H3/t14-/m0/s1. The van der Waals surface area contributed by atoms with Crippen LogP contribution in [0.1, 0.15) is 34.7 Å². The van der Waals surface area contributed by atoms with Crippen LogP contribution in [0.2, 0.25) is 0 Å². The lowest BCUT2D eigenvalue weighted by Gasteiger charge is -2.31. The third-order valence-corrected chi connectivity index (χ3v) is 4.81. The molecule has 1 atom stereocenters. The van der Waals surface area contributed by atoms with E-state index in [0.717, 1.165) is 30.8 Å². The molecule has 0 amide bonds. The molecule has 1 aliphatic rings. The summed E-state index contributed by atoms with van der Waals surface area (Å²) in [4.78, 5) is 35.8. The smallest absolute Gasteiger partial charge is 0.272 e. The number of H-pyrrole nitrogens is 1. The van der Waals surface area contributed by atoms with Gasteiger partial charge in [-0.1, -0.05) is 6.07 Å². The van der Waals surface area contributed by atoms with Gasteiger partial charge < -0.3 is 0 Å². The molecule has 3 aromatic rings. The maximum absolute atomic E-state index is 12.7. The SMILES string of the molecule is Cc1cc2nc(CN3CCC[C@H](C(=O)c4ccccn4)C3)cc(=O)n2[nH]1. The summed E-state index contributed by atoms with van der Waals surface area (Å²) in [5.41, 5.74) is 2.67. The second-order valence-electron chi connectivity index (χ2n) is 6.87. The van der Waals surface area contributed by atoms with Crippen molar-refractivity contribution >= 4 is 11.4 Å². The van der Waals surface area contributed by atoms with Crippen molar-refractivity contribution in [3.63, 3.8) is 0 Å². The van der Waals surface area contributed by atoms with Crippen LogP contribution < -0.4 is 5.56 Å². The number of ketones is 1. The Kier molecular flexibility index (Phi) is 4.38. The fraction of sp³-hybridized carbons (Fsp3) is 0.368. The number of aryl methyl sites for hydroxylation is 1. The highest BCUT2D eigenvalue weighted by molar-refractivity contribution is 5.96. The number of aromatic nitrogens is 4. The number of rotatable bonds is 4. The minimum absolute atomic E-state index is 0.0574. The largest absolute Gasteiger partial charge is 0.297 e. The van der Waals surface area contributed by atoms with Crippen LogP contribution >= 0.6 is 0 Å². The lowest BCUT2D eigenvalue weighted by atomic mass is 9.92. The van der Waals surface area contributed by atoms with Crippen molar-refractivity contribution < 1.29 is 4.79 Å². The number of pyridine rings is 1. The molecule has 7 heteroatoms. The van der Waals surface area contributed by atoms with Gasteiger partial charge in [0.15, 0.2) is 11.4 Å². The Morgan fingerprint density at radius 1 is 1.35 bits per heavy atom. The van der Waals surface area contributed by atoms with Crippen molar-refractivity contribution in [2.24, 2.45) is 5.92 Å². The molecule has 0 bridgehead atoms. The summed E-state index contributed by atoms with van der Waals surface area (Å²) in [6.45, 7) is 4.04. The number of nitrogens with one attached hydrogen (secondary N) is 1. The predicted molar refractivity (Wildman–Crippen MR) is 97.1 cm³/mol. The van der Waals surface area contributed by atoms with Gasteiger partial charge >= 0.3 is 0 Å². The number of carbonyl (C=O) groups is 1. The van der Waals surface area contributed by atoms with Crippen molar-refractivity contribution in [1.29, 1.82) is 0 Å². The normalized spacial score (nSPS) is 18.3. The first kappa shape index (κ1) is 16.7. The number of fused-ring (bicyclic) bond motifs is 1. The molecule has 0 unspecified atom stereocenters. The van der Waals surface area contributed by atoms with Gasteiger partial charge in [0.05, 0.1) is 5.69 Å². The van der Waals surface area contributed by atoms with E-state index in [9.17, 15) is 9.59 Å². The maximum Gasteiger partial charge on any atom is 0.272 e. The molecule has 0 saturated carbocycles. The van der Waals surface area contributed by atoms with E-state index in [1.165, 1.54) is 4.52 Å². The molecule has 1 N–H and O–H groups in total. The Morgan fingerprint density at radius 2 is 2.23 bits per heavy atom. The van der Waals surface area contributed by atoms with Crippen LogP contribution in [0.25, 0.3) is 5.65 Å². The summed E-state index contributed by atoms with van der Waals surface area (Å²) < 4.78 is 1.45. The van der Waals surface area contributed by atoms with Gasteiger partial charge in [0.1, 0.15) is 5.69 Å². The lowest BCUT2D eigenvalue weighted by molar-refractivity contribution is 0.0805. The number of aromatic amines is 1. The third kappa shape index (κ3) is 3.30. The second kappa shape index (κ2) is 6.84. The average Bonchev–Trinajstić information content (AvgIpc) is 3.03. The summed E-state index contributed by atoms with van der Waals surface area (Å²) in [5.74, 6) is 0.0398. The first-order valence-electron chi connectivity index (χ1n) is 8.86. The van der Waals surface area contributed by atoms with Crippen LogP contribution in [0.15, 0.2) is 41.3 Å². The van der Waals surface area contributed by atoms with E-state index in [4.69, 9.17) is 0 Å². The maximum atomic E-state index is 12.7. The average molecular weight is 351 g/mol. The number of hydrogen-bond acceptors (Lipinski definition) is 5. The first-order chi connectivity index (χ1) is 12.6. The summed E-state index contributed by atoms with van der Waals surface area (Å²) >= 11 is 0. The van der Waals surface area contributed by atoms with E-state index in [2.05, 4.69) is 20.0 Å². The molecule has 0 spiro atoms. The molecule has 0 aliphatic carbocycles. The van der Waals surface area contributed by atoms with E-state index in [1.807, 2.05) is 25.1 Å². The summed E-state index contributed by atoms with van der Waals surface area (Å²) in [6, 6.07) is 8.84. The van der Waals surface area contributed by atoms with Gasteiger partial charge in [-0.05, 0) is 38.4 Å². The fourth-order valence-electron chi connectivity index (χ4n) is 3.60. The zero-order chi connectivity index (χ0) is 18.1. The summed E-state index contributed by atoms with van der Waals surface area (Å²) in [6.07, 6.45) is 3.48. The van der Waals surface area contributed by atoms with Gasteiger partial charge in [-0.2, -0.15) is 0 Å². The van der Waals surface area contributed by atoms with E-state index >= 15 is 0 Å².